The highest BCUT2D eigenvalue weighted by atomic mass is 32.2. The average molecular weight is 514 g/mol. The zero-order valence-electron chi connectivity index (χ0n) is 20.4. The third-order valence-electron chi connectivity index (χ3n) is 5.90. The van der Waals surface area contributed by atoms with Gasteiger partial charge in [-0.25, -0.2) is 9.37 Å². The van der Waals surface area contributed by atoms with Crippen LogP contribution in [0, 0.1) is 5.82 Å². The van der Waals surface area contributed by atoms with E-state index < -0.39 is 22.5 Å². The lowest BCUT2D eigenvalue weighted by Gasteiger charge is -2.33. The largest absolute Gasteiger partial charge is 0.497 e. The van der Waals surface area contributed by atoms with E-state index in [1.165, 1.54) is 19.5 Å². The van der Waals surface area contributed by atoms with Gasteiger partial charge in [-0.05, 0) is 31.3 Å². The van der Waals surface area contributed by atoms with Crippen molar-refractivity contribution in [2.45, 2.75) is 10.8 Å². The molecule has 1 N–H and O–H groups in total. The molecule has 1 aliphatic heterocycles. The highest BCUT2D eigenvalue weighted by molar-refractivity contribution is 7.84. The Morgan fingerprint density at radius 1 is 1.08 bits per heavy atom. The van der Waals surface area contributed by atoms with Crippen molar-refractivity contribution >= 4 is 28.2 Å². The molecule has 3 heterocycles. The first-order chi connectivity index (χ1) is 17.4. The lowest BCUT2D eigenvalue weighted by molar-refractivity contribution is 0.102. The average Bonchev–Trinajstić information content (AvgIpc) is 2.89. The SMILES string of the molecule is COc1ccc(CS(=O)c2nc(N3CCN(C)CC3)c(F)cc2C(=O)Nc2ccncc2)c(OC)c1. The van der Waals surface area contributed by atoms with Crippen LogP contribution in [-0.4, -0.2) is 72.4 Å². The number of carbonyl (C=O) groups excluding carboxylic acids is 1. The maximum atomic E-state index is 15.3. The second-order valence-electron chi connectivity index (χ2n) is 8.29. The molecule has 1 unspecified atom stereocenters. The Morgan fingerprint density at radius 3 is 2.47 bits per heavy atom. The van der Waals surface area contributed by atoms with Gasteiger partial charge < -0.3 is 24.6 Å². The van der Waals surface area contributed by atoms with Crippen LogP contribution in [0.5, 0.6) is 11.5 Å². The molecule has 36 heavy (non-hydrogen) atoms. The van der Waals surface area contributed by atoms with Crippen LogP contribution in [0.25, 0.3) is 0 Å². The minimum atomic E-state index is -1.78. The monoisotopic (exact) mass is 513 g/mol. The van der Waals surface area contributed by atoms with Crippen molar-refractivity contribution in [3.63, 3.8) is 0 Å². The van der Waals surface area contributed by atoms with Crippen LogP contribution in [0.2, 0.25) is 0 Å². The van der Waals surface area contributed by atoms with Crippen LogP contribution in [0.4, 0.5) is 15.9 Å². The first-order valence-electron chi connectivity index (χ1n) is 11.3. The summed E-state index contributed by atoms with van der Waals surface area (Å²) in [5.41, 5.74) is 1.03. The van der Waals surface area contributed by atoms with Gasteiger partial charge in [-0.15, -0.1) is 0 Å². The Labute approximate surface area is 211 Å². The van der Waals surface area contributed by atoms with Crippen molar-refractivity contribution in [3.05, 3.63) is 65.7 Å². The predicted molar refractivity (Wildman–Crippen MR) is 136 cm³/mol. The summed E-state index contributed by atoms with van der Waals surface area (Å²) in [5.74, 6) is -0.0508. The van der Waals surface area contributed by atoms with Crippen molar-refractivity contribution in [3.8, 4) is 11.5 Å². The van der Waals surface area contributed by atoms with E-state index in [0.29, 0.717) is 35.8 Å². The number of nitrogens with one attached hydrogen (secondary N) is 1. The molecule has 1 atom stereocenters. The number of anilines is 2. The number of likely N-dealkylation sites (N-methyl/N-ethyl adjacent to an activating group) is 1. The van der Waals surface area contributed by atoms with E-state index in [0.717, 1.165) is 19.2 Å². The molecular formula is C25H28FN5O4S. The highest BCUT2D eigenvalue weighted by Gasteiger charge is 2.26. The number of pyridine rings is 2. The van der Waals surface area contributed by atoms with Crippen molar-refractivity contribution in [2.75, 3.05) is 57.7 Å². The summed E-state index contributed by atoms with van der Waals surface area (Å²) in [4.78, 5) is 25.5. The number of aromatic nitrogens is 2. The Balaban J connectivity index is 1.71. The van der Waals surface area contributed by atoms with Crippen LogP contribution in [0.3, 0.4) is 0 Å². The summed E-state index contributed by atoms with van der Waals surface area (Å²) in [6, 6.07) is 9.52. The molecule has 1 aliphatic rings. The van der Waals surface area contributed by atoms with Crippen molar-refractivity contribution < 1.29 is 22.9 Å². The third-order valence-corrected chi connectivity index (χ3v) is 7.22. The number of benzene rings is 1. The highest BCUT2D eigenvalue weighted by Crippen LogP contribution is 2.29. The topological polar surface area (TPSA) is 96.9 Å². The normalized spacial score (nSPS) is 14.8. The number of rotatable bonds is 8. The van der Waals surface area contributed by atoms with Gasteiger partial charge in [0.15, 0.2) is 11.6 Å². The van der Waals surface area contributed by atoms with Crippen LogP contribution in [-0.2, 0) is 16.6 Å². The van der Waals surface area contributed by atoms with E-state index in [4.69, 9.17) is 9.47 Å². The van der Waals surface area contributed by atoms with Crippen molar-refractivity contribution in [2.24, 2.45) is 0 Å². The van der Waals surface area contributed by atoms with E-state index in [9.17, 15) is 9.00 Å². The first-order valence-corrected chi connectivity index (χ1v) is 12.7. The summed E-state index contributed by atoms with van der Waals surface area (Å²) >= 11 is 0. The molecule has 9 nitrogen and oxygen atoms in total. The molecule has 0 bridgehead atoms. The number of ether oxygens (including phenoxy) is 2. The fourth-order valence-electron chi connectivity index (χ4n) is 3.85. The molecular weight excluding hydrogens is 485 g/mol. The van der Waals surface area contributed by atoms with E-state index in [2.05, 4.69) is 20.2 Å². The molecule has 190 valence electrons. The zero-order valence-corrected chi connectivity index (χ0v) is 21.2. The minimum Gasteiger partial charge on any atom is -0.497 e. The van der Waals surface area contributed by atoms with Gasteiger partial charge in [0.2, 0.25) is 0 Å². The standard InChI is InChI=1S/C25H28FN5O4S/c1-30-10-12-31(13-11-30)23-21(26)15-20(24(32)28-18-6-8-27-9-7-18)25(29-23)36(33)16-17-4-5-19(34-2)14-22(17)35-3/h4-9,14-15H,10-13,16H2,1-3H3,(H,27,28,32). The Kier molecular flexibility index (Phi) is 8.11. The summed E-state index contributed by atoms with van der Waals surface area (Å²) in [6.07, 6.45) is 3.06. The molecule has 11 heteroatoms. The molecule has 0 aliphatic carbocycles. The number of carbonyl (C=O) groups is 1. The summed E-state index contributed by atoms with van der Waals surface area (Å²) in [7, 11) is 3.27. The van der Waals surface area contributed by atoms with Gasteiger partial charge in [-0.2, -0.15) is 0 Å². The van der Waals surface area contributed by atoms with E-state index >= 15 is 4.39 Å². The van der Waals surface area contributed by atoms with Gasteiger partial charge >= 0.3 is 0 Å². The molecule has 0 saturated carbocycles. The molecule has 1 saturated heterocycles. The lowest BCUT2D eigenvalue weighted by atomic mass is 10.2. The van der Waals surface area contributed by atoms with Crippen LogP contribution < -0.4 is 19.7 Å². The summed E-state index contributed by atoms with van der Waals surface area (Å²) < 4.78 is 39.6. The number of methoxy groups -OCH3 is 2. The Bertz CT molecular complexity index is 1250. The number of hydrogen-bond donors (Lipinski definition) is 1. The van der Waals surface area contributed by atoms with Crippen molar-refractivity contribution in [1.29, 1.82) is 0 Å². The minimum absolute atomic E-state index is 0.00903. The van der Waals surface area contributed by atoms with Crippen LogP contribution in [0.1, 0.15) is 15.9 Å². The Hall–Kier alpha value is -3.57. The second kappa shape index (κ2) is 11.4. The molecule has 1 fully saturated rings. The molecule has 1 aromatic carbocycles. The van der Waals surface area contributed by atoms with Gasteiger partial charge in [0, 0.05) is 55.9 Å². The zero-order chi connectivity index (χ0) is 25.7. The van der Waals surface area contributed by atoms with Gasteiger partial charge in [-0.1, -0.05) is 6.07 Å². The number of nitrogens with zero attached hydrogens (tertiary/aromatic N) is 4. The predicted octanol–water partition coefficient (Wildman–Crippen LogP) is 2.94. The van der Waals surface area contributed by atoms with Gasteiger partial charge in [0.25, 0.3) is 5.91 Å². The molecule has 3 aromatic rings. The number of piperazine rings is 1. The number of hydrogen-bond acceptors (Lipinski definition) is 8. The van der Waals surface area contributed by atoms with Gasteiger partial charge in [0.05, 0.1) is 36.3 Å². The fourth-order valence-corrected chi connectivity index (χ4v) is 5.10. The molecule has 0 spiro atoms. The van der Waals surface area contributed by atoms with Gasteiger partial charge in [-0.3, -0.25) is 14.0 Å². The maximum Gasteiger partial charge on any atom is 0.258 e. The van der Waals surface area contributed by atoms with Crippen LogP contribution in [0.15, 0.2) is 53.8 Å². The summed E-state index contributed by atoms with van der Waals surface area (Å²) in [5, 5.41) is 2.71. The second-order valence-corrected chi connectivity index (χ2v) is 9.66. The Morgan fingerprint density at radius 2 is 1.81 bits per heavy atom. The number of halogens is 1. The fraction of sp³-hybridized carbons (Fsp3) is 0.320. The molecule has 2 aromatic heterocycles. The molecule has 0 radical (unpaired) electrons. The quantitative estimate of drug-likeness (QED) is 0.491. The number of amides is 1. The maximum absolute atomic E-state index is 15.3. The lowest BCUT2D eigenvalue weighted by Crippen LogP contribution is -2.45. The third kappa shape index (κ3) is 5.80. The van der Waals surface area contributed by atoms with Crippen molar-refractivity contribution in [1.82, 2.24) is 14.9 Å². The van der Waals surface area contributed by atoms with Crippen LogP contribution >= 0.6 is 0 Å². The van der Waals surface area contributed by atoms with Gasteiger partial charge in [0.1, 0.15) is 16.5 Å². The summed E-state index contributed by atoms with van der Waals surface area (Å²) in [6.45, 7) is 2.63. The van der Waals surface area contributed by atoms with E-state index in [-0.39, 0.29) is 22.2 Å². The molecule has 1 amide bonds. The first kappa shape index (κ1) is 25.5. The molecule has 4 rings (SSSR count). The van der Waals surface area contributed by atoms with E-state index in [1.807, 2.05) is 11.9 Å². The smallest absolute Gasteiger partial charge is 0.258 e. The van der Waals surface area contributed by atoms with E-state index in [1.54, 1.807) is 37.4 Å².